The highest BCUT2D eigenvalue weighted by molar-refractivity contribution is 7.79. The molecule has 0 unspecified atom stereocenters. The lowest BCUT2D eigenvalue weighted by molar-refractivity contribution is -0.240. The van der Waals surface area contributed by atoms with E-state index in [2.05, 4.69) is 0 Å². The molecule has 4 saturated heterocycles. The predicted molar refractivity (Wildman–Crippen MR) is 167 cm³/mol. The second-order valence-corrected chi connectivity index (χ2v) is 15.6. The summed E-state index contributed by atoms with van der Waals surface area (Å²) in [5, 5.41) is 23.8. The van der Waals surface area contributed by atoms with Gasteiger partial charge >= 0.3 is 23.1 Å². The summed E-state index contributed by atoms with van der Waals surface area (Å²) >= 11 is 5.13. The van der Waals surface area contributed by atoms with Crippen molar-refractivity contribution in [2.24, 2.45) is 28.1 Å². The van der Waals surface area contributed by atoms with E-state index in [0.29, 0.717) is 0 Å². The van der Waals surface area contributed by atoms with E-state index in [1.165, 1.54) is 6.92 Å². The number of hydrogen-bond donors (Lipinski definition) is 2. The van der Waals surface area contributed by atoms with Crippen LogP contribution in [0.4, 0.5) is 22.0 Å². The minimum absolute atomic E-state index is 0.0183. The van der Waals surface area contributed by atoms with Crippen LogP contribution in [0.5, 0.6) is 5.75 Å². The van der Waals surface area contributed by atoms with Gasteiger partial charge in [0.25, 0.3) is 0 Å². The average Bonchev–Trinajstić information content (AvgIpc) is 3.83. The van der Waals surface area contributed by atoms with Crippen molar-refractivity contribution in [3.05, 3.63) is 65.0 Å². The number of aliphatic hydroxyl groups excluding tert-OH is 1. The summed E-state index contributed by atoms with van der Waals surface area (Å²) in [5.74, 6) is -19.9. The van der Waals surface area contributed by atoms with Crippen LogP contribution in [-0.2, 0) is 54.1 Å². The molecule has 0 amide bonds. The van der Waals surface area contributed by atoms with Gasteiger partial charge < -0.3 is 48.1 Å². The van der Waals surface area contributed by atoms with Gasteiger partial charge in [-0.05, 0) is 17.9 Å². The van der Waals surface area contributed by atoms with Crippen molar-refractivity contribution in [3.8, 4) is 5.75 Å². The molecule has 12 atom stereocenters. The zero-order chi connectivity index (χ0) is 39.1. The van der Waals surface area contributed by atoms with E-state index in [1.54, 1.807) is 51.1 Å². The van der Waals surface area contributed by atoms with Crippen molar-refractivity contribution < 1.29 is 84.4 Å². The Kier molecular flexibility index (Phi) is 8.04. The van der Waals surface area contributed by atoms with Gasteiger partial charge in [0, 0.05) is 18.1 Å². The first-order valence-electron chi connectivity index (χ1n) is 16.7. The molecule has 4 heterocycles. The highest BCUT2D eigenvalue weighted by atomic mass is 32.1. The van der Waals surface area contributed by atoms with E-state index in [1.807, 2.05) is 0 Å². The van der Waals surface area contributed by atoms with E-state index < -0.39 is 141 Å². The molecule has 2 aromatic rings. The van der Waals surface area contributed by atoms with Crippen LogP contribution in [0.1, 0.15) is 33.3 Å². The Bertz CT molecular complexity index is 1970. The molecule has 2 spiro atoms. The third-order valence-corrected chi connectivity index (χ3v) is 12.1. The van der Waals surface area contributed by atoms with Crippen LogP contribution in [0, 0.1) is 57.2 Å². The van der Waals surface area contributed by atoms with Crippen LogP contribution in [-0.4, -0.2) is 88.2 Å². The molecule has 2 aliphatic carbocycles. The number of fused-ring (bicyclic) bond motifs is 1. The van der Waals surface area contributed by atoms with Gasteiger partial charge in [0.2, 0.25) is 46.7 Å². The molecule has 6 fully saturated rings. The Labute approximate surface area is 307 Å². The predicted octanol–water partition coefficient (Wildman–Crippen LogP) is 2.88. The van der Waals surface area contributed by atoms with Crippen molar-refractivity contribution in [3.63, 3.8) is 0 Å². The molecule has 54 heavy (non-hydrogen) atoms. The van der Waals surface area contributed by atoms with Gasteiger partial charge in [0.05, 0.1) is 23.4 Å². The number of thiocarbonyl (C=S) groups is 1. The maximum atomic E-state index is 14.7. The monoisotopic (exact) mass is 786 g/mol. The maximum absolute atomic E-state index is 14.7. The maximum Gasteiger partial charge on any atom is 0.358 e. The summed E-state index contributed by atoms with van der Waals surface area (Å²) in [7, 11) is 0. The van der Waals surface area contributed by atoms with Crippen LogP contribution in [0.2, 0.25) is 0 Å². The lowest BCUT2D eigenvalue weighted by Gasteiger charge is -2.48. The molecule has 290 valence electrons. The molecule has 0 aromatic heterocycles. The van der Waals surface area contributed by atoms with Gasteiger partial charge in [0.1, 0.15) is 19.0 Å². The number of esters is 3. The SMILES string of the molecule is C[C@@H]1C(=O)O[C@H]2[C@@H](O)[C@]34[C@@H]5OC(=O)[C@]3(O[C@@H]3OC(=O)[C@H](OCOCc6ccccc6)[C@@]34[C@H](C(C)(C)C)[C@H]5OC(=S)Oc3c(F)c(F)c(F)c(F)c3F)[C@@]12O. The van der Waals surface area contributed by atoms with Crippen LogP contribution in [0.25, 0.3) is 0 Å². The average molecular weight is 787 g/mol. The van der Waals surface area contributed by atoms with Crippen LogP contribution >= 0.6 is 12.2 Å². The number of benzene rings is 2. The number of halogens is 5. The highest BCUT2D eigenvalue weighted by Gasteiger charge is 3.05. The number of carbonyl (C=O) groups excluding carboxylic acids is 3. The van der Waals surface area contributed by atoms with E-state index in [-0.39, 0.29) is 6.61 Å². The summed E-state index contributed by atoms with van der Waals surface area (Å²) in [6.45, 7) is 5.59. The molecule has 8 rings (SSSR count). The van der Waals surface area contributed by atoms with Gasteiger partial charge in [-0.15, -0.1) is 0 Å². The first-order chi connectivity index (χ1) is 25.3. The van der Waals surface area contributed by atoms with Gasteiger partial charge in [-0.25, -0.2) is 22.8 Å². The number of ether oxygens (including phenoxy) is 8. The van der Waals surface area contributed by atoms with Crippen LogP contribution in [0.15, 0.2) is 30.3 Å². The molecular formula is C35H31F5O13S. The van der Waals surface area contributed by atoms with Crippen molar-refractivity contribution in [2.45, 2.75) is 82.3 Å². The lowest BCUT2D eigenvalue weighted by atomic mass is 9.51. The quantitative estimate of drug-likeness (QED) is 0.0615. The molecule has 6 aliphatic rings. The van der Waals surface area contributed by atoms with E-state index in [0.717, 1.165) is 5.56 Å². The molecule has 19 heteroatoms. The van der Waals surface area contributed by atoms with Crippen LogP contribution in [0.3, 0.4) is 0 Å². The first kappa shape index (κ1) is 36.9. The molecule has 2 N–H and O–H groups in total. The summed E-state index contributed by atoms with van der Waals surface area (Å²) in [6.07, 6.45) is -11.1. The molecule has 4 aliphatic heterocycles. The topological polar surface area (TPSA) is 166 Å². The number of rotatable bonds is 7. The Morgan fingerprint density at radius 2 is 1.54 bits per heavy atom. The van der Waals surface area contributed by atoms with E-state index >= 15 is 0 Å². The third kappa shape index (κ3) is 4.09. The summed E-state index contributed by atoms with van der Waals surface area (Å²) < 4.78 is 118. The van der Waals surface area contributed by atoms with Gasteiger partial charge in [-0.2, -0.15) is 8.78 Å². The Balaban J connectivity index is 1.27. The van der Waals surface area contributed by atoms with Gasteiger partial charge in [-0.3, -0.25) is 4.79 Å². The Morgan fingerprint density at radius 1 is 0.907 bits per heavy atom. The summed E-state index contributed by atoms with van der Waals surface area (Å²) in [4.78, 5) is 41.3. The highest BCUT2D eigenvalue weighted by Crippen LogP contribution is 2.85. The number of hydrogen-bond acceptors (Lipinski definition) is 14. The van der Waals surface area contributed by atoms with Crippen molar-refractivity contribution in [1.29, 1.82) is 0 Å². The zero-order valence-electron chi connectivity index (χ0n) is 28.6. The van der Waals surface area contributed by atoms with Crippen molar-refractivity contribution >= 4 is 35.4 Å². The summed E-state index contributed by atoms with van der Waals surface area (Å²) in [5.41, 5.74) is -10.3. The minimum Gasteiger partial charge on any atom is -0.456 e. The summed E-state index contributed by atoms with van der Waals surface area (Å²) in [6, 6.07) is 8.87. The first-order valence-corrected chi connectivity index (χ1v) is 17.1. The van der Waals surface area contributed by atoms with Crippen molar-refractivity contribution in [1.82, 2.24) is 0 Å². The second-order valence-electron chi connectivity index (χ2n) is 15.2. The van der Waals surface area contributed by atoms with E-state index in [4.69, 9.17) is 50.1 Å². The number of aliphatic hydroxyl groups is 2. The second kappa shape index (κ2) is 11.8. The molecule has 2 aromatic carbocycles. The Morgan fingerprint density at radius 3 is 2.17 bits per heavy atom. The van der Waals surface area contributed by atoms with Gasteiger partial charge in [0.15, 0.2) is 23.9 Å². The van der Waals surface area contributed by atoms with Gasteiger partial charge in [-0.1, -0.05) is 51.1 Å². The molecule has 13 nitrogen and oxygen atoms in total. The fourth-order valence-electron chi connectivity index (χ4n) is 10.3. The van der Waals surface area contributed by atoms with Crippen molar-refractivity contribution in [2.75, 3.05) is 6.79 Å². The number of carbonyl (C=O) groups is 3. The lowest BCUT2D eigenvalue weighted by Crippen LogP contribution is -2.67. The standard InChI is InChI=1S/C35H31F5O13S/c1-12-26(42)50-24-22(41)33-23-20(49-30(54)48-19-17(39)15(37)14(36)16(38)18(19)40)21(31(2,3)4)32(33)25(47-11-46-10-13-8-6-5-7-9-13)27(43)52-29(32)53-35(33,28(44)51-23)34(12,24)45/h5-9,12,20-25,29,41,45H,10-11H2,1-4H3/t12-,20-,21+,22-,23-,24+,25+,29+,32+,33-,34-,35-/m1/s1. The largest absolute Gasteiger partial charge is 0.456 e. The minimum atomic E-state index is -2.72. The fourth-order valence-corrected chi connectivity index (χ4v) is 10.5. The van der Waals surface area contributed by atoms with Crippen LogP contribution < -0.4 is 4.74 Å². The smallest absolute Gasteiger partial charge is 0.358 e. The third-order valence-electron chi connectivity index (χ3n) is 11.9. The Hall–Kier alpha value is -4.01. The normalized spacial score (nSPS) is 39.8. The molecule has 0 bridgehead atoms. The zero-order valence-corrected chi connectivity index (χ0v) is 29.4. The molecule has 0 radical (unpaired) electrons. The van der Waals surface area contributed by atoms with E-state index in [9.17, 15) is 46.5 Å². The fraction of sp³-hybridized carbons (Fsp3) is 0.543. The molecular weight excluding hydrogens is 755 g/mol. The molecule has 2 saturated carbocycles.